The van der Waals surface area contributed by atoms with Gasteiger partial charge < -0.3 is 20.3 Å². The number of carbonyl (C=O) groups excluding carboxylic acids is 2. The van der Waals surface area contributed by atoms with Crippen molar-refractivity contribution in [3.8, 4) is 0 Å². The van der Waals surface area contributed by atoms with Gasteiger partial charge in [0.25, 0.3) is 0 Å². The molecule has 0 saturated heterocycles. The molecule has 0 aliphatic heterocycles. The number of hydrogen-bond acceptors (Lipinski definition) is 5. The summed E-state index contributed by atoms with van der Waals surface area (Å²) in [6.07, 6.45) is 48.8. The minimum atomic E-state index is -0.858. The molecule has 0 rings (SSSR count). The quantitative estimate of drug-likeness (QED) is 0.0328. The first-order valence-electron chi connectivity index (χ1n) is 23.1. The van der Waals surface area contributed by atoms with E-state index in [4.69, 9.17) is 4.74 Å². The number of hydrogen-bond donors (Lipinski definition) is 3. The highest BCUT2D eigenvalue weighted by atomic mass is 16.5. The zero-order valence-electron chi connectivity index (χ0n) is 35.2. The average Bonchev–Trinajstić information content (AvgIpc) is 3.16. The summed E-state index contributed by atoms with van der Waals surface area (Å²) in [7, 11) is 0. The van der Waals surface area contributed by atoms with E-state index in [1.54, 1.807) is 6.08 Å². The van der Waals surface area contributed by atoms with E-state index in [1.807, 2.05) is 6.08 Å². The summed E-state index contributed by atoms with van der Waals surface area (Å²) in [5.41, 5.74) is 0. The molecule has 0 aromatic rings. The van der Waals surface area contributed by atoms with Crippen LogP contribution in [0.15, 0.2) is 24.3 Å². The summed E-state index contributed by atoms with van der Waals surface area (Å²) in [5, 5.41) is 22.9. The number of unbranched alkanes of at least 4 members (excludes halogenated alkanes) is 29. The molecule has 3 N–H and O–H groups in total. The average molecular weight is 748 g/mol. The van der Waals surface area contributed by atoms with E-state index in [1.165, 1.54) is 135 Å². The molecular weight excluding hydrogens is 659 g/mol. The molecule has 6 heteroatoms. The lowest BCUT2D eigenvalue weighted by molar-refractivity contribution is -0.143. The van der Waals surface area contributed by atoms with Gasteiger partial charge in [-0.25, -0.2) is 0 Å². The lowest BCUT2D eigenvalue weighted by atomic mass is 10.0. The highest BCUT2D eigenvalue weighted by molar-refractivity contribution is 5.76. The molecule has 0 heterocycles. The molecule has 0 spiro atoms. The summed E-state index contributed by atoms with van der Waals surface area (Å²) in [6, 6.07) is -0.644. The van der Waals surface area contributed by atoms with E-state index >= 15 is 0 Å². The number of rotatable bonds is 42. The van der Waals surface area contributed by atoms with E-state index in [0.29, 0.717) is 19.4 Å². The van der Waals surface area contributed by atoms with Crippen molar-refractivity contribution >= 4 is 11.9 Å². The standard InChI is InChI=1S/C47H89NO5/c1-3-5-7-9-11-13-15-16-21-25-29-33-37-41-47(52)53-42-38-34-30-26-22-18-17-20-24-28-32-36-40-46(51)48-44(43-49)45(50)39-35-31-27-23-19-14-12-10-8-6-4-2/h18,22,35,39,44-45,49-50H,3-17,19-21,23-34,36-38,40-43H2,1-2H3,(H,48,51)/b22-18-,39-35+. The SMILES string of the molecule is CCCCCCCCCCC/C=C/C(O)C(CO)NC(=O)CCCCCCC/C=C\CCCCCOC(=O)CCCCCCCCCCCCCCC. The number of allylic oxidation sites excluding steroid dienone is 3. The van der Waals surface area contributed by atoms with E-state index in [9.17, 15) is 19.8 Å². The molecule has 312 valence electrons. The third-order valence-corrected chi connectivity index (χ3v) is 10.5. The van der Waals surface area contributed by atoms with Crippen LogP contribution in [-0.4, -0.2) is 47.4 Å². The zero-order valence-corrected chi connectivity index (χ0v) is 35.2. The van der Waals surface area contributed by atoms with E-state index in [-0.39, 0.29) is 18.5 Å². The van der Waals surface area contributed by atoms with Crippen LogP contribution in [0.5, 0.6) is 0 Å². The van der Waals surface area contributed by atoms with Crippen LogP contribution in [0.1, 0.15) is 239 Å². The van der Waals surface area contributed by atoms with Gasteiger partial charge in [-0.3, -0.25) is 9.59 Å². The summed E-state index contributed by atoms with van der Waals surface area (Å²) in [5.74, 6) is -0.120. The summed E-state index contributed by atoms with van der Waals surface area (Å²) < 4.78 is 5.43. The summed E-state index contributed by atoms with van der Waals surface area (Å²) in [4.78, 5) is 24.3. The molecule has 0 saturated carbocycles. The summed E-state index contributed by atoms with van der Waals surface area (Å²) >= 11 is 0. The molecule has 53 heavy (non-hydrogen) atoms. The fraction of sp³-hybridized carbons (Fsp3) is 0.872. The molecule has 0 bridgehead atoms. The van der Waals surface area contributed by atoms with Crippen molar-refractivity contribution in [2.75, 3.05) is 13.2 Å². The normalized spacial score (nSPS) is 12.9. The van der Waals surface area contributed by atoms with Gasteiger partial charge in [-0.2, -0.15) is 0 Å². The third kappa shape index (κ3) is 39.8. The van der Waals surface area contributed by atoms with Crippen LogP contribution in [0.3, 0.4) is 0 Å². The van der Waals surface area contributed by atoms with Crippen LogP contribution in [0, 0.1) is 0 Å². The number of nitrogens with one attached hydrogen (secondary N) is 1. The largest absolute Gasteiger partial charge is 0.466 e. The maximum absolute atomic E-state index is 12.4. The second-order valence-electron chi connectivity index (χ2n) is 15.7. The van der Waals surface area contributed by atoms with Crippen molar-refractivity contribution in [1.82, 2.24) is 5.32 Å². The lowest BCUT2D eigenvalue weighted by Gasteiger charge is -2.20. The molecule has 2 atom stereocenters. The minimum absolute atomic E-state index is 0.0238. The van der Waals surface area contributed by atoms with Gasteiger partial charge in [0.2, 0.25) is 5.91 Å². The van der Waals surface area contributed by atoms with Crippen LogP contribution in [0.2, 0.25) is 0 Å². The van der Waals surface area contributed by atoms with Gasteiger partial charge in [0.15, 0.2) is 0 Å². The van der Waals surface area contributed by atoms with Gasteiger partial charge >= 0.3 is 5.97 Å². The Balaban J connectivity index is 3.54. The van der Waals surface area contributed by atoms with Crippen molar-refractivity contribution in [3.63, 3.8) is 0 Å². The van der Waals surface area contributed by atoms with Crippen LogP contribution < -0.4 is 5.32 Å². The number of carbonyl (C=O) groups is 2. The molecule has 2 unspecified atom stereocenters. The molecule has 0 aromatic carbocycles. The monoisotopic (exact) mass is 748 g/mol. The third-order valence-electron chi connectivity index (χ3n) is 10.5. The van der Waals surface area contributed by atoms with Crippen molar-refractivity contribution < 1.29 is 24.5 Å². The Kier molecular flexibility index (Phi) is 41.7. The Morgan fingerprint density at radius 3 is 1.34 bits per heavy atom. The maximum atomic E-state index is 12.4. The number of amides is 1. The predicted molar refractivity (Wildman–Crippen MR) is 227 cm³/mol. The Bertz CT molecular complexity index is 828. The van der Waals surface area contributed by atoms with Gasteiger partial charge in [-0.05, 0) is 64.2 Å². The first-order valence-corrected chi connectivity index (χ1v) is 23.1. The second kappa shape index (κ2) is 43.1. The minimum Gasteiger partial charge on any atom is -0.466 e. The number of aliphatic hydroxyl groups is 2. The van der Waals surface area contributed by atoms with Gasteiger partial charge in [0.1, 0.15) is 0 Å². The molecule has 0 fully saturated rings. The summed E-state index contributed by atoms with van der Waals surface area (Å²) in [6.45, 7) is 4.82. The van der Waals surface area contributed by atoms with Crippen molar-refractivity contribution in [2.24, 2.45) is 0 Å². The van der Waals surface area contributed by atoms with Crippen molar-refractivity contribution in [2.45, 2.75) is 251 Å². The Morgan fingerprint density at radius 1 is 0.509 bits per heavy atom. The number of aliphatic hydroxyl groups excluding tert-OH is 2. The van der Waals surface area contributed by atoms with Gasteiger partial charge in [0.05, 0.1) is 25.4 Å². The van der Waals surface area contributed by atoms with Gasteiger partial charge in [-0.15, -0.1) is 0 Å². The number of esters is 1. The van der Waals surface area contributed by atoms with Crippen LogP contribution in [0.25, 0.3) is 0 Å². The molecule has 0 radical (unpaired) electrons. The lowest BCUT2D eigenvalue weighted by Crippen LogP contribution is -2.45. The van der Waals surface area contributed by atoms with Crippen LogP contribution in [0.4, 0.5) is 0 Å². The van der Waals surface area contributed by atoms with Gasteiger partial charge in [-0.1, -0.05) is 186 Å². The first kappa shape index (κ1) is 51.3. The van der Waals surface area contributed by atoms with E-state index in [2.05, 4.69) is 31.3 Å². The molecule has 0 aromatic heterocycles. The van der Waals surface area contributed by atoms with Crippen molar-refractivity contribution in [3.05, 3.63) is 24.3 Å². The molecule has 6 nitrogen and oxygen atoms in total. The highest BCUT2D eigenvalue weighted by Gasteiger charge is 2.18. The predicted octanol–water partition coefficient (Wildman–Crippen LogP) is 13.2. The molecule has 0 aliphatic rings. The van der Waals surface area contributed by atoms with Crippen LogP contribution in [-0.2, 0) is 14.3 Å². The van der Waals surface area contributed by atoms with E-state index < -0.39 is 12.1 Å². The molecular formula is C47H89NO5. The van der Waals surface area contributed by atoms with Crippen molar-refractivity contribution in [1.29, 1.82) is 0 Å². The fourth-order valence-corrected chi connectivity index (χ4v) is 6.86. The Morgan fingerprint density at radius 2 is 0.887 bits per heavy atom. The van der Waals surface area contributed by atoms with E-state index in [0.717, 1.165) is 77.0 Å². The molecule has 0 aliphatic carbocycles. The van der Waals surface area contributed by atoms with Gasteiger partial charge in [0, 0.05) is 12.8 Å². The maximum Gasteiger partial charge on any atom is 0.305 e. The Hall–Kier alpha value is -1.66. The first-order chi connectivity index (χ1) is 26.0. The fourth-order valence-electron chi connectivity index (χ4n) is 6.86. The molecule has 1 amide bonds. The second-order valence-corrected chi connectivity index (χ2v) is 15.7. The smallest absolute Gasteiger partial charge is 0.305 e. The Labute approximate surface area is 329 Å². The highest BCUT2D eigenvalue weighted by Crippen LogP contribution is 2.14. The topological polar surface area (TPSA) is 95.9 Å². The van der Waals surface area contributed by atoms with Crippen LogP contribution >= 0.6 is 0 Å². The zero-order chi connectivity index (χ0) is 38.7. The number of ether oxygens (including phenoxy) is 1.